The number of nitrogens with one attached hydrogen (secondary N) is 1. The first-order chi connectivity index (χ1) is 16.6. The van der Waals surface area contributed by atoms with E-state index in [0.29, 0.717) is 47.7 Å². The molecule has 3 aromatic carbocycles. The molecule has 1 heterocycles. The van der Waals surface area contributed by atoms with E-state index in [-0.39, 0.29) is 12.3 Å². The zero-order valence-electron chi connectivity index (χ0n) is 19.0. The van der Waals surface area contributed by atoms with Gasteiger partial charge < -0.3 is 24.1 Å². The van der Waals surface area contributed by atoms with Crippen molar-refractivity contribution in [2.75, 3.05) is 19.5 Å². The summed E-state index contributed by atoms with van der Waals surface area (Å²) >= 11 is 0. The Hall–Kier alpha value is -4.33. The van der Waals surface area contributed by atoms with Crippen molar-refractivity contribution in [3.8, 4) is 28.6 Å². The van der Waals surface area contributed by atoms with E-state index in [4.69, 9.17) is 18.7 Å². The normalized spacial score (nSPS) is 10.5. The standard InChI is InChI=1S/C26H25N3O5/c1-31-21-10-6-9-20(16-21)27-24(30)13-14-25-28-26(29-34-25)19-11-12-22(23(15-19)32-2)33-17-18-7-4-3-5-8-18/h3-12,15-16H,13-14,17H2,1-2H3,(H,27,30). The number of rotatable bonds is 10. The number of hydrogen-bond acceptors (Lipinski definition) is 7. The average molecular weight is 460 g/mol. The highest BCUT2D eigenvalue weighted by atomic mass is 16.5. The predicted molar refractivity (Wildman–Crippen MR) is 127 cm³/mol. The summed E-state index contributed by atoms with van der Waals surface area (Å²) < 4.78 is 21.9. The molecule has 1 aromatic heterocycles. The van der Waals surface area contributed by atoms with Crippen LogP contribution in [0.5, 0.6) is 17.2 Å². The van der Waals surface area contributed by atoms with Crippen molar-refractivity contribution in [1.82, 2.24) is 10.1 Å². The highest BCUT2D eigenvalue weighted by Crippen LogP contribution is 2.32. The van der Waals surface area contributed by atoms with Gasteiger partial charge in [-0.1, -0.05) is 41.6 Å². The number of aromatic nitrogens is 2. The van der Waals surface area contributed by atoms with E-state index < -0.39 is 0 Å². The van der Waals surface area contributed by atoms with Gasteiger partial charge in [0.25, 0.3) is 0 Å². The number of carbonyl (C=O) groups excluding carboxylic acids is 1. The lowest BCUT2D eigenvalue weighted by Crippen LogP contribution is -2.12. The Kier molecular flexibility index (Phi) is 7.39. The van der Waals surface area contributed by atoms with Crippen LogP contribution in [0.15, 0.2) is 77.3 Å². The highest BCUT2D eigenvalue weighted by molar-refractivity contribution is 5.90. The Morgan fingerprint density at radius 1 is 0.941 bits per heavy atom. The molecule has 34 heavy (non-hydrogen) atoms. The predicted octanol–water partition coefficient (Wildman–Crippen LogP) is 4.90. The third kappa shape index (κ3) is 5.92. The first-order valence-corrected chi connectivity index (χ1v) is 10.8. The third-order valence-corrected chi connectivity index (χ3v) is 5.05. The van der Waals surface area contributed by atoms with Crippen LogP contribution in [0.25, 0.3) is 11.4 Å². The Bertz CT molecular complexity index is 1240. The molecule has 0 aliphatic heterocycles. The van der Waals surface area contributed by atoms with Gasteiger partial charge in [0.05, 0.1) is 14.2 Å². The van der Waals surface area contributed by atoms with E-state index >= 15 is 0 Å². The molecule has 0 spiro atoms. The van der Waals surface area contributed by atoms with Crippen LogP contribution in [0, 0.1) is 0 Å². The summed E-state index contributed by atoms with van der Waals surface area (Å²) in [6.45, 7) is 0.431. The zero-order chi connectivity index (χ0) is 23.8. The van der Waals surface area contributed by atoms with Crippen molar-refractivity contribution >= 4 is 11.6 Å². The van der Waals surface area contributed by atoms with Gasteiger partial charge >= 0.3 is 0 Å². The van der Waals surface area contributed by atoms with E-state index in [1.54, 1.807) is 32.4 Å². The maximum Gasteiger partial charge on any atom is 0.227 e. The number of carbonyl (C=O) groups is 1. The summed E-state index contributed by atoms with van der Waals surface area (Å²) in [6.07, 6.45) is 0.520. The van der Waals surface area contributed by atoms with Gasteiger partial charge in [0.1, 0.15) is 12.4 Å². The smallest absolute Gasteiger partial charge is 0.227 e. The lowest BCUT2D eigenvalue weighted by molar-refractivity contribution is -0.116. The number of aryl methyl sites for hydroxylation is 1. The summed E-state index contributed by atoms with van der Waals surface area (Å²) in [7, 11) is 3.16. The third-order valence-electron chi connectivity index (χ3n) is 5.05. The van der Waals surface area contributed by atoms with Crippen LogP contribution in [0.1, 0.15) is 17.9 Å². The van der Waals surface area contributed by atoms with Crippen molar-refractivity contribution in [3.63, 3.8) is 0 Å². The zero-order valence-corrected chi connectivity index (χ0v) is 19.0. The molecule has 0 bridgehead atoms. The number of methoxy groups -OCH3 is 2. The summed E-state index contributed by atoms with van der Waals surface area (Å²) in [5.41, 5.74) is 2.45. The molecule has 0 unspecified atom stereocenters. The van der Waals surface area contributed by atoms with Crippen LogP contribution < -0.4 is 19.5 Å². The maximum atomic E-state index is 12.3. The van der Waals surface area contributed by atoms with Crippen LogP contribution >= 0.6 is 0 Å². The summed E-state index contributed by atoms with van der Waals surface area (Å²) in [4.78, 5) is 16.7. The van der Waals surface area contributed by atoms with Crippen molar-refractivity contribution < 1.29 is 23.5 Å². The molecule has 0 aliphatic rings. The van der Waals surface area contributed by atoms with Crippen molar-refractivity contribution in [3.05, 3.63) is 84.3 Å². The van der Waals surface area contributed by atoms with Gasteiger partial charge in [0.2, 0.25) is 17.6 Å². The minimum atomic E-state index is -0.158. The summed E-state index contributed by atoms with van der Waals surface area (Å²) in [5, 5.41) is 6.87. The molecule has 0 fully saturated rings. The number of amides is 1. The topological polar surface area (TPSA) is 95.7 Å². The van der Waals surface area contributed by atoms with E-state index in [1.807, 2.05) is 54.6 Å². The quantitative estimate of drug-likeness (QED) is 0.360. The SMILES string of the molecule is COc1cccc(NC(=O)CCc2nc(-c3ccc(OCc4ccccc4)c(OC)c3)no2)c1. The molecule has 174 valence electrons. The van der Waals surface area contributed by atoms with Gasteiger partial charge in [0.15, 0.2) is 11.5 Å². The second-order valence-corrected chi connectivity index (χ2v) is 7.43. The average Bonchev–Trinajstić information content (AvgIpc) is 3.36. The van der Waals surface area contributed by atoms with Crippen molar-refractivity contribution in [2.45, 2.75) is 19.4 Å². The lowest BCUT2D eigenvalue weighted by atomic mass is 10.2. The molecule has 8 nitrogen and oxygen atoms in total. The first-order valence-electron chi connectivity index (χ1n) is 10.8. The number of benzene rings is 3. The molecule has 8 heteroatoms. The Morgan fingerprint density at radius 3 is 2.59 bits per heavy atom. The van der Waals surface area contributed by atoms with Crippen molar-refractivity contribution in [2.24, 2.45) is 0 Å². The fourth-order valence-corrected chi connectivity index (χ4v) is 3.28. The van der Waals surface area contributed by atoms with E-state index in [9.17, 15) is 4.79 Å². The second-order valence-electron chi connectivity index (χ2n) is 7.43. The van der Waals surface area contributed by atoms with Gasteiger partial charge in [-0.25, -0.2) is 0 Å². The van der Waals surface area contributed by atoms with Crippen LogP contribution in [0.2, 0.25) is 0 Å². The number of hydrogen-bond donors (Lipinski definition) is 1. The van der Waals surface area contributed by atoms with E-state index in [0.717, 1.165) is 11.1 Å². The Morgan fingerprint density at radius 2 is 1.79 bits per heavy atom. The molecule has 1 amide bonds. The summed E-state index contributed by atoms with van der Waals surface area (Å²) in [6, 6.07) is 22.5. The monoisotopic (exact) mass is 459 g/mol. The molecular weight excluding hydrogens is 434 g/mol. The minimum Gasteiger partial charge on any atom is -0.497 e. The molecule has 4 aromatic rings. The maximum absolute atomic E-state index is 12.3. The molecular formula is C26H25N3O5. The Balaban J connectivity index is 1.35. The molecule has 0 atom stereocenters. The van der Waals surface area contributed by atoms with Crippen LogP contribution in [0.3, 0.4) is 0 Å². The molecule has 0 radical (unpaired) electrons. The van der Waals surface area contributed by atoms with Gasteiger partial charge in [0, 0.05) is 30.2 Å². The fraction of sp³-hybridized carbons (Fsp3) is 0.192. The van der Waals surface area contributed by atoms with Crippen LogP contribution in [-0.4, -0.2) is 30.3 Å². The van der Waals surface area contributed by atoms with Gasteiger partial charge in [-0.05, 0) is 35.9 Å². The van der Waals surface area contributed by atoms with Crippen LogP contribution in [-0.2, 0) is 17.8 Å². The van der Waals surface area contributed by atoms with E-state index in [2.05, 4.69) is 15.5 Å². The number of nitrogens with zero attached hydrogens (tertiary/aromatic N) is 2. The molecule has 0 saturated heterocycles. The number of anilines is 1. The fourth-order valence-electron chi connectivity index (χ4n) is 3.28. The van der Waals surface area contributed by atoms with Gasteiger partial charge in [-0.3, -0.25) is 4.79 Å². The summed E-state index contributed by atoms with van der Waals surface area (Å²) in [5.74, 6) is 2.49. The minimum absolute atomic E-state index is 0.158. The lowest BCUT2D eigenvalue weighted by Gasteiger charge is -2.11. The van der Waals surface area contributed by atoms with Crippen LogP contribution in [0.4, 0.5) is 5.69 Å². The molecule has 0 saturated carbocycles. The molecule has 4 rings (SSSR count). The van der Waals surface area contributed by atoms with Gasteiger partial charge in [-0.15, -0.1) is 0 Å². The molecule has 1 N–H and O–H groups in total. The Labute approximate surface area is 197 Å². The first kappa shape index (κ1) is 22.8. The molecule has 0 aliphatic carbocycles. The van der Waals surface area contributed by atoms with Crippen molar-refractivity contribution in [1.29, 1.82) is 0 Å². The highest BCUT2D eigenvalue weighted by Gasteiger charge is 2.14. The van der Waals surface area contributed by atoms with E-state index in [1.165, 1.54) is 0 Å². The number of ether oxygens (including phenoxy) is 3. The van der Waals surface area contributed by atoms with Gasteiger partial charge in [-0.2, -0.15) is 4.98 Å². The second kappa shape index (κ2) is 11.0. The largest absolute Gasteiger partial charge is 0.497 e.